The number of anilines is 2. The van der Waals surface area contributed by atoms with Gasteiger partial charge in [0.05, 0.1) is 18.1 Å². The molecule has 0 saturated heterocycles. The van der Waals surface area contributed by atoms with Crippen LogP contribution in [0.4, 0.5) is 24.9 Å². The summed E-state index contributed by atoms with van der Waals surface area (Å²) < 4.78 is 45.1. The third-order valence-corrected chi connectivity index (χ3v) is 3.01. The van der Waals surface area contributed by atoms with E-state index in [9.17, 15) is 13.2 Å². The van der Waals surface area contributed by atoms with Gasteiger partial charge in [-0.3, -0.25) is 4.98 Å². The summed E-state index contributed by atoms with van der Waals surface area (Å²) in [7, 11) is 0. The highest BCUT2D eigenvalue weighted by Crippen LogP contribution is 2.24. The summed E-state index contributed by atoms with van der Waals surface area (Å²) in [6, 6.07) is 5.40. The van der Waals surface area contributed by atoms with Crippen molar-refractivity contribution in [3.8, 4) is 17.3 Å². The van der Waals surface area contributed by atoms with Crippen molar-refractivity contribution in [2.45, 2.75) is 6.36 Å². The molecule has 0 aromatic carbocycles. The van der Waals surface area contributed by atoms with Crippen LogP contribution in [0.25, 0.3) is 11.5 Å². The van der Waals surface area contributed by atoms with Gasteiger partial charge >= 0.3 is 12.4 Å². The van der Waals surface area contributed by atoms with Gasteiger partial charge < -0.3 is 25.5 Å². The average Bonchev–Trinajstić information content (AvgIpc) is 3.09. The van der Waals surface area contributed by atoms with Crippen molar-refractivity contribution in [2.75, 3.05) is 5.32 Å². The third kappa shape index (κ3) is 4.59. The van der Waals surface area contributed by atoms with Crippen molar-refractivity contribution < 1.29 is 27.6 Å². The van der Waals surface area contributed by atoms with Gasteiger partial charge in [-0.15, -0.1) is 13.2 Å². The maximum Gasteiger partial charge on any atom is 0.573 e. The predicted molar refractivity (Wildman–Crippen MR) is 84.2 cm³/mol. The van der Waals surface area contributed by atoms with E-state index >= 15 is 0 Å². The molecule has 0 bridgehead atoms. The van der Waals surface area contributed by atoms with E-state index in [1.54, 1.807) is 6.07 Å². The van der Waals surface area contributed by atoms with E-state index in [-0.39, 0.29) is 29.1 Å². The zero-order valence-electron chi connectivity index (χ0n) is 13.2. The summed E-state index contributed by atoms with van der Waals surface area (Å²) in [4.78, 5) is 11.8. The zero-order valence-corrected chi connectivity index (χ0v) is 13.2. The number of rotatable bonds is 5. The number of nitrogens with zero attached hydrogens (tertiary/aromatic N) is 5. The van der Waals surface area contributed by atoms with E-state index in [1.165, 1.54) is 18.3 Å². The first kappa shape index (κ1) is 17.9. The van der Waals surface area contributed by atoms with Crippen LogP contribution in [-0.2, 0) is 0 Å². The summed E-state index contributed by atoms with van der Waals surface area (Å²) in [5.41, 5.74) is 6.33. The van der Waals surface area contributed by atoms with E-state index in [0.29, 0.717) is 5.69 Å². The van der Waals surface area contributed by atoms with Gasteiger partial charge in [0.15, 0.2) is 5.84 Å². The molecule has 3 aromatic rings. The molecule has 0 aliphatic heterocycles. The molecule has 0 atom stereocenters. The standard InChI is InChI=1S/C14H10F3N7O3/c15-14(16,17)26-8-2-4-10(20-6-8)12-22-13(27-24-12)21-7-1-3-9(19-5-7)11(18)23-25/h1-6,25H,(H2,18,23)(H,21,22,24). The third-order valence-electron chi connectivity index (χ3n) is 3.01. The topological polar surface area (TPSA) is 145 Å². The number of hydrogen-bond donors (Lipinski definition) is 3. The lowest BCUT2D eigenvalue weighted by Crippen LogP contribution is -2.17. The van der Waals surface area contributed by atoms with Crippen molar-refractivity contribution in [3.05, 3.63) is 42.4 Å². The van der Waals surface area contributed by atoms with Gasteiger partial charge in [-0.1, -0.05) is 10.3 Å². The molecule has 0 saturated carbocycles. The lowest BCUT2D eigenvalue weighted by Gasteiger charge is -2.07. The lowest BCUT2D eigenvalue weighted by molar-refractivity contribution is -0.274. The van der Waals surface area contributed by atoms with Gasteiger partial charge in [-0.05, 0) is 24.3 Å². The Morgan fingerprint density at radius 3 is 2.59 bits per heavy atom. The summed E-state index contributed by atoms with van der Waals surface area (Å²) in [5.74, 6) is -0.562. The number of oxime groups is 1. The number of aromatic nitrogens is 4. The number of halogens is 3. The Labute approximate surface area is 148 Å². The number of ether oxygens (including phenoxy) is 1. The second-order valence-corrected chi connectivity index (χ2v) is 4.89. The molecule has 0 aliphatic carbocycles. The monoisotopic (exact) mass is 381 g/mol. The van der Waals surface area contributed by atoms with Crippen LogP contribution in [0.1, 0.15) is 5.69 Å². The van der Waals surface area contributed by atoms with E-state index in [2.05, 4.69) is 35.3 Å². The van der Waals surface area contributed by atoms with Crippen LogP contribution in [0.5, 0.6) is 5.75 Å². The van der Waals surface area contributed by atoms with Crippen LogP contribution < -0.4 is 15.8 Å². The van der Waals surface area contributed by atoms with Crippen LogP contribution in [0.3, 0.4) is 0 Å². The molecule has 0 aliphatic rings. The molecule has 3 aromatic heterocycles. The Balaban J connectivity index is 1.69. The van der Waals surface area contributed by atoms with Gasteiger partial charge in [0.25, 0.3) is 0 Å². The second-order valence-electron chi connectivity index (χ2n) is 4.89. The molecule has 0 unspecified atom stereocenters. The Hall–Kier alpha value is -3.90. The maximum absolute atomic E-state index is 12.1. The van der Waals surface area contributed by atoms with E-state index < -0.39 is 12.1 Å². The minimum atomic E-state index is -4.80. The first-order valence-corrected chi connectivity index (χ1v) is 7.11. The molecule has 4 N–H and O–H groups in total. The molecule has 10 nitrogen and oxygen atoms in total. The van der Waals surface area contributed by atoms with Crippen LogP contribution in [0.2, 0.25) is 0 Å². The maximum atomic E-state index is 12.1. The number of amidine groups is 1. The predicted octanol–water partition coefficient (Wildman–Crippen LogP) is 2.26. The minimum absolute atomic E-state index is 0.000709. The Bertz CT molecular complexity index is 940. The van der Waals surface area contributed by atoms with Gasteiger partial charge in [0.2, 0.25) is 5.82 Å². The highest BCUT2D eigenvalue weighted by molar-refractivity contribution is 5.95. The molecule has 140 valence electrons. The zero-order chi connectivity index (χ0) is 19.4. The SMILES string of the molecule is N/C(=N\O)c1ccc(Nc2nc(-c3ccc(OC(F)(F)F)cn3)no2)cn1. The fourth-order valence-electron chi connectivity index (χ4n) is 1.88. The smallest absolute Gasteiger partial charge is 0.409 e. The Morgan fingerprint density at radius 2 is 2.00 bits per heavy atom. The molecule has 13 heteroatoms. The Kier molecular flexibility index (Phi) is 4.74. The highest BCUT2D eigenvalue weighted by Gasteiger charge is 2.31. The molecule has 0 spiro atoms. The number of pyridine rings is 2. The van der Waals surface area contributed by atoms with Crippen LogP contribution in [0, 0.1) is 0 Å². The Morgan fingerprint density at radius 1 is 1.19 bits per heavy atom. The normalized spacial score (nSPS) is 12.0. The summed E-state index contributed by atoms with van der Waals surface area (Å²) in [6.07, 6.45) is -2.52. The fraction of sp³-hybridized carbons (Fsp3) is 0.0714. The van der Waals surface area contributed by atoms with E-state index in [0.717, 1.165) is 12.3 Å². The van der Waals surface area contributed by atoms with Crippen molar-refractivity contribution in [2.24, 2.45) is 10.9 Å². The number of hydrogen-bond acceptors (Lipinski definition) is 9. The number of nitrogens with one attached hydrogen (secondary N) is 1. The van der Waals surface area contributed by atoms with Gasteiger partial charge in [-0.25, -0.2) is 4.98 Å². The lowest BCUT2D eigenvalue weighted by atomic mass is 10.3. The van der Waals surface area contributed by atoms with Crippen molar-refractivity contribution in [1.29, 1.82) is 0 Å². The molecular formula is C14H10F3N7O3. The van der Waals surface area contributed by atoms with Crippen LogP contribution in [-0.4, -0.2) is 37.5 Å². The van der Waals surface area contributed by atoms with Crippen molar-refractivity contribution >= 4 is 17.5 Å². The molecule has 0 amide bonds. The van der Waals surface area contributed by atoms with E-state index in [1.807, 2.05) is 0 Å². The number of alkyl halides is 3. The summed E-state index contributed by atoms with van der Waals surface area (Å²) in [6.45, 7) is 0. The molecule has 3 heterocycles. The quantitative estimate of drug-likeness (QED) is 0.262. The fourth-order valence-corrected chi connectivity index (χ4v) is 1.88. The van der Waals surface area contributed by atoms with Crippen molar-refractivity contribution in [3.63, 3.8) is 0 Å². The molecule has 3 rings (SSSR count). The number of nitrogens with two attached hydrogens (primary N) is 1. The first-order valence-electron chi connectivity index (χ1n) is 7.11. The molecule has 27 heavy (non-hydrogen) atoms. The highest BCUT2D eigenvalue weighted by atomic mass is 19.4. The minimum Gasteiger partial charge on any atom is -0.409 e. The largest absolute Gasteiger partial charge is 0.573 e. The van der Waals surface area contributed by atoms with Crippen molar-refractivity contribution in [1.82, 2.24) is 20.1 Å². The molecule has 0 radical (unpaired) electrons. The second kappa shape index (κ2) is 7.15. The van der Waals surface area contributed by atoms with Crippen LogP contribution in [0.15, 0.2) is 46.3 Å². The molecular weight excluding hydrogens is 371 g/mol. The summed E-state index contributed by atoms with van der Waals surface area (Å²) >= 11 is 0. The first-order chi connectivity index (χ1) is 12.8. The van der Waals surface area contributed by atoms with Crippen LogP contribution >= 0.6 is 0 Å². The molecule has 0 fully saturated rings. The average molecular weight is 381 g/mol. The van der Waals surface area contributed by atoms with Gasteiger partial charge in [-0.2, -0.15) is 4.98 Å². The van der Waals surface area contributed by atoms with E-state index in [4.69, 9.17) is 15.5 Å². The van der Waals surface area contributed by atoms with Gasteiger partial charge in [0, 0.05) is 0 Å². The summed E-state index contributed by atoms with van der Waals surface area (Å²) in [5, 5.41) is 17.9. The van der Waals surface area contributed by atoms with Gasteiger partial charge in [0.1, 0.15) is 17.1 Å².